The molecular formula is C12H16N2O2. The van der Waals surface area contributed by atoms with E-state index in [0.29, 0.717) is 6.54 Å². The molecule has 86 valence electrons. The van der Waals surface area contributed by atoms with E-state index in [1.807, 2.05) is 23.1 Å². The van der Waals surface area contributed by atoms with Crippen molar-refractivity contribution >= 4 is 11.6 Å². The summed E-state index contributed by atoms with van der Waals surface area (Å²) >= 11 is 0. The average Bonchev–Trinajstić information content (AvgIpc) is 2.28. The van der Waals surface area contributed by atoms with E-state index < -0.39 is 0 Å². The van der Waals surface area contributed by atoms with Crippen LogP contribution < -0.4 is 5.73 Å². The lowest BCUT2D eigenvalue weighted by atomic mass is 9.99. The summed E-state index contributed by atoms with van der Waals surface area (Å²) in [6, 6.07) is 5.90. The van der Waals surface area contributed by atoms with Crippen molar-refractivity contribution in [3.63, 3.8) is 0 Å². The van der Waals surface area contributed by atoms with Gasteiger partial charge in [0.15, 0.2) is 0 Å². The van der Waals surface area contributed by atoms with Gasteiger partial charge in [-0.2, -0.15) is 0 Å². The maximum absolute atomic E-state index is 11.7. The molecule has 0 spiro atoms. The lowest BCUT2D eigenvalue weighted by Crippen LogP contribution is -2.38. The monoisotopic (exact) mass is 220 g/mol. The molecule has 0 aromatic heterocycles. The molecule has 1 aliphatic heterocycles. The zero-order valence-corrected chi connectivity index (χ0v) is 9.40. The minimum atomic E-state index is 0.0376. The number of hydrogen-bond acceptors (Lipinski definition) is 3. The Hall–Kier alpha value is -1.55. The van der Waals surface area contributed by atoms with E-state index in [1.165, 1.54) is 12.7 Å². The molecule has 2 rings (SSSR count). The van der Waals surface area contributed by atoms with Crippen LogP contribution in [0.5, 0.6) is 0 Å². The molecule has 4 heteroatoms. The van der Waals surface area contributed by atoms with E-state index >= 15 is 0 Å². The summed E-state index contributed by atoms with van der Waals surface area (Å²) in [6.07, 6.45) is 0.894. The topological polar surface area (TPSA) is 55.6 Å². The highest BCUT2D eigenvalue weighted by molar-refractivity contribution is 5.77. The summed E-state index contributed by atoms with van der Waals surface area (Å²) in [5.74, 6) is 0.0376. The highest BCUT2D eigenvalue weighted by atomic mass is 16.5. The highest BCUT2D eigenvalue weighted by Gasteiger charge is 2.20. The number of nitrogens with zero attached hydrogens (tertiary/aromatic N) is 1. The second kappa shape index (κ2) is 4.53. The van der Waals surface area contributed by atoms with Crippen molar-refractivity contribution in [2.45, 2.75) is 13.0 Å². The number of amides is 1. The Balaban J connectivity index is 2.13. The fourth-order valence-corrected chi connectivity index (χ4v) is 2.00. The van der Waals surface area contributed by atoms with Gasteiger partial charge in [0.25, 0.3) is 0 Å². The van der Waals surface area contributed by atoms with Crippen LogP contribution in [0.2, 0.25) is 0 Å². The van der Waals surface area contributed by atoms with Crippen molar-refractivity contribution < 1.29 is 9.53 Å². The van der Waals surface area contributed by atoms with Crippen LogP contribution in [0.25, 0.3) is 0 Å². The molecule has 4 nitrogen and oxygen atoms in total. The summed E-state index contributed by atoms with van der Waals surface area (Å²) in [6.45, 7) is 1.55. The molecule has 2 N–H and O–H groups in total. The largest absolute Gasteiger partial charge is 0.399 e. The fourth-order valence-electron chi connectivity index (χ4n) is 2.00. The van der Waals surface area contributed by atoms with Crippen LogP contribution in [0.4, 0.5) is 5.69 Å². The van der Waals surface area contributed by atoms with Gasteiger partial charge in [-0.25, -0.2) is 0 Å². The molecule has 0 aliphatic carbocycles. The van der Waals surface area contributed by atoms with Gasteiger partial charge in [0, 0.05) is 25.9 Å². The van der Waals surface area contributed by atoms with Crippen molar-refractivity contribution in [1.82, 2.24) is 4.90 Å². The molecule has 1 aromatic carbocycles. The predicted octanol–water partition coefficient (Wildman–Crippen LogP) is 0.800. The molecule has 0 atom stereocenters. The molecule has 1 amide bonds. The van der Waals surface area contributed by atoms with Crippen LogP contribution in [0, 0.1) is 0 Å². The van der Waals surface area contributed by atoms with E-state index in [4.69, 9.17) is 10.5 Å². The van der Waals surface area contributed by atoms with E-state index in [2.05, 4.69) is 0 Å². The number of hydrogen-bond donors (Lipinski definition) is 1. The van der Waals surface area contributed by atoms with Crippen molar-refractivity contribution in [3.8, 4) is 0 Å². The van der Waals surface area contributed by atoms with Gasteiger partial charge in [0.2, 0.25) is 5.91 Å². The molecule has 0 saturated heterocycles. The standard InChI is InChI=1S/C12H16N2O2/c1-16-8-12(15)14-5-4-9-2-3-11(13)6-10(9)7-14/h2-3,6H,4-5,7-8,13H2,1H3. The molecule has 0 radical (unpaired) electrons. The number of ether oxygens (including phenoxy) is 1. The van der Waals surface area contributed by atoms with E-state index in [9.17, 15) is 4.79 Å². The molecule has 1 aliphatic rings. The second-order valence-corrected chi connectivity index (χ2v) is 4.03. The summed E-state index contributed by atoms with van der Waals surface area (Å²) in [5, 5.41) is 0. The number of nitrogens with two attached hydrogens (primary N) is 1. The summed E-state index contributed by atoms with van der Waals surface area (Å²) < 4.78 is 4.85. The third kappa shape index (κ3) is 2.17. The first-order chi connectivity index (χ1) is 7.70. The number of carbonyl (C=O) groups is 1. The smallest absolute Gasteiger partial charge is 0.248 e. The minimum Gasteiger partial charge on any atom is -0.399 e. The first-order valence-electron chi connectivity index (χ1n) is 5.34. The predicted molar refractivity (Wildman–Crippen MR) is 61.9 cm³/mol. The number of fused-ring (bicyclic) bond motifs is 1. The van der Waals surface area contributed by atoms with Crippen LogP contribution in [0.3, 0.4) is 0 Å². The van der Waals surface area contributed by atoms with E-state index in [1.54, 1.807) is 0 Å². The van der Waals surface area contributed by atoms with E-state index in [-0.39, 0.29) is 12.5 Å². The lowest BCUT2D eigenvalue weighted by molar-refractivity contribution is -0.136. The van der Waals surface area contributed by atoms with Crippen molar-refractivity contribution in [3.05, 3.63) is 29.3 Å². The summed E-state index contributed by atoms with van der Waals surface area (Å²) in [7, 11) is 1.54. The first kappa shape index (κ1) is 11.0. The van der Waals surface area contributed by atoms with Gasteiger partial charge in [0.1, 0.15) is 6.61 Å². The van der Waals surface area contributed by atoms with Crippen LogP contribution in [-0.4, -0.2) is 31.1 Å². The molecule has 0 unspecified atom stereocenters. The molecule has 0 fully saturated rings. The Morgan fingerprint density at radius 3 is 3.06 bits per heavy atom. The third-order valence-electron chi connectivity index (χ3n) is 2.86. The molecular weight excluding hydrogens is 204 g/mol. The quantitative estimate of drug-likeness (QED) is 0.750. The molecule has 16 heavy (non-hydrogen) atoms. The SMILES string of the molecule is COCC(=O)N1CCc2ccc(N)cc2C1. The van der Waals surface area contributed by atoms with Crippen LogP contribution in [0.15, 0.2) is 18.2 Å². The Kier molecular flexibility index (Phi) is 3.10. The molecule has 1 heterocycles. The first-order valence-corrected chi connectivity index (χ1v) is 5.34. The number of anilines is 1. The van der Waals surface area contributed by atoms with Gasteiger partial charge >= 0.3 is 0 Å². The number of benzene rings is 1. The molecule has 1 aromatic rings. The lowest BCUT2D eigenvalue weighted by Gasteiger charge is -2.28. The van der Waals surface area contributed by atoms with Crippen LogP contribution >= 0.6 is 0 Å². The highest BCUT2D eigenvalue weighted by Crippen LogP contribution is 2.21. The maximum atomic E-state index is 11.7. The molecule has 0 bridgehead atoms. The van der Waals surface area contributed by atoms with Crippen molar-refractivity contribution in [2.24, 2.45) is 0 Å². The van der Waals surface area contributed by atoms with Gasteiger partial charge in [-0.3, -0.25) is 4.79 Å². The number of nitrogen functional groups attached to an aromatic ring is 1. The summed E-state index contributed by atoms with van der Waals surface area (Å²) in [5.41, 5.74) is 8.92. The van der Waals surface area contributed by atoms with E-state index in [0.717, 1.165) is 24.2 Å². The second-order valence-electron chi connectivity index (χ2n) is 4.03. The normalized spacial score (nSPS) is 14.7. The third-order valence-corrected chi connectivity index (χ3v) is 2.86. The Morgan fingerprint density at radius 2 is 2.31 bits per heavy atom. The van der Waals surface area contributed by atoms with Crippen LogP contribution in [-0.2, 0) is 22.5 Å². The zero-order chi connectivity index (χ0) is 11.5. The Labute approximate surface area is 95.0 Å². The van der Waals surface area contributed by atoms with Gasteiger partial charge in [-0.05, 0) is 29.7 Å². The fraction of sp³-hybridized carbons (Fsp3) is 0.417. The zero-order valence-electron chi connectivity index (χ0n) is 9.40. The molecule has 0 saturated carbocycles. The Bertz CT molecular complexity index is 404. The van der Waals surface area contributed by atoms with Gasteiger partial charge in [0.05, 0.1) is 0 Å². The number of carbonyl (C=O) groups excluding carboxylic acids is 1. The van der Waals surface area contributed by atoms with Gasteiger partial charge in [-0.15, -0.1) is 0 Å². The minimum absolute atomic E-state index is 0.0376. The maximum Gasteiger partial charge on any atom is 0.248 e. The number of rotatable bonds is 2. The Morgan fingerprint density at radius 1 is 1.50 bits per heavy atom. The van der Waals surface area contributed by atoms with Crippen molar-refractivity contribution in [2.75, 3.05) is 26.0 Å². The van der Waals surface area contributed by atoms with Crippen molar-refractivity contribution in [1.29, 1.82) is 0 Å². The average molecular weight is 220 g/mol. The van der Waals surface area contributed by atoms with Gasteiger partial charge in [-0.1, -0.05) is 6.07 Å². The van der Waals surface area contributed by atoms with Gasteiger partial charge < -0.3 is 15.4 Å². The van der Waals surface area contributed by atoms with Crippen LogP contribution in [0.1, 0.15) is 11.1 Å². The number of methoxy groups -OCH3 is 1. The summed E-state index contributed by atoms with van der Waals surface area (Å²) in [4.78, 5) is 13.5.